The molecule has 1 aliphatic heterocycles. The van der Waals surface area contributed by atoms with Gasteiger partial charge in [0.15, 0.2) is 5.65 Å². The number of hydrogen-bond donors (Lipinski definition) is 1. The second-order valence-corrected chi connectivity index (χ2v) is 8.68. The fraction of sp³-hybridized carbons (Fsp3) is 0.280. The van der Waals surface area contributed by atoms with Gasteiger partial charge in [0.2, 0.25) is 5.95 Å². The number of carbonyl (C=O) groups excluding carboxylic acids is 1. The van der Waals surface area contributed by atoms with E-state index in [1.165, 1.54) is 0 Å². The minimum Gasteiger partial charge on any atom is -0.466 e. The van der Waals surface area contributed by atoms with Crippen LogP contribution in [0.2, 0.25) is 5.02 Å². The molecule has 0 radical (unpaired) electrons. The monoisotopic (exact) mass is 476 g/mol. The maximum Gasteiger partial charge on any atom is 0.310 e. The molecule has 0 amide bonds. The Morgan fingerprint density at radius 3 is 2.65 bits per heavy atom. The van der Waals surface area contributed by atoms with Crippen molar-refractivity contribution >= 4 is 40.4 Å². The fourth-order valence-corrected chi connectivity index (χ4v) is 4.46. The van der Waals surface area contributed by atoms with Crippen molar-refractivity contribution in [2.45, 2.75) is 19.8 Å². The van der Waals surface area contributed by atoms with Gasteiger partial charge >= 0.3 is 5.97 Å². The number of piperidine rings is 1. The van der Waals surface area contributed by atoms with Crippen molar-refractivity contribution in [1.29, 1.82) is 0 Å². The number of para-hydroxylation sites is 1. The number of aromatic nitrogens is 4. The molecule has 9 heteroatoms. The standard InChI is InChI=1S/C25H25ClN6O2/c1-2-34-24(33)17-7-6-14-31(15-17)25-28-21(16-10-12-18(26)13-11-16)20-22(27)32(30-23(20)29-25)19-8-4-3-5-9-19/h3-5,8-13,17H,2,6-7,14-15,27H2,1H3. The molecule has 0 spiro atoms. The normalized spacial score (nSPS) is 16.1. The average molecular weight is 477 g/mol. The van der Waals surface area contributed by atoms with E-state index in [1.54, 1.807) is 4.68 Å². The maximum atomic E-state index is 12.4. The number of rotatable bonds is 5. The van der Waals surface area contributed by atoms with Crippen molar-refractivity contribution < 1.29 is 9.53 Å². The molecule has 1 unspecified atom stereocenters. The van der Waals surface area contributed by atoms with Gasteiger partial charge in [0, 0.05) is 23.7 Å². The summed E-state index contributed by atoms with van der Waals surface area (Å²) < 4.78 is 6.94. The van der Waals surface area contributed by atoms with E-state index in [-0.39, 0.29) is 11.9 Å². The Kier molecular flexibility index (Phi) is 6.06. The summed E-state index contributed by atoms with van der Waals surface area (Å²) in [7, 11) is 0. The van der Waals surface area contributed by atoms with E-state index >= 15 is 0 Å². The summed E-state index contributed by atoms with van der Waals surface area (Å²) in [6.45, 7) is 3.44. The predicted octanol–water partition coefficient (Wildman–Crippen LogP) is 4.50. The summed E-state index contributed by atoms with van der Waals surface area (Å²) >= 11 is 6.13. The molecule has 2 N–H and O–H groups in total. The van der Waals surface area contributed by atoms with Gasteiger partial charge in [-0.2, -0.15) is 4.98 Å². The molecular formula is C25H25ClN6O2. The Balaban J connectivity index is 1.64. The summed E-state index contributed by atoms with van der Waals surface area (Å²) in [6.07, 6.45) is 1.64. The zero-order chi connectivity index (χ0) is 23.7. The fourth-order valence-electron chi connectivity index (χ4n) is 4.34. The number of ether oxygens (including phenoxy) is 1. The van der Waals surface area contributed by atoms with Crippen molar-refractivity contribution in [3.05, 3.63) is 59.6 Å². The van der Waals surface area contributed by atoms with Gasteiger partial charge in [-0.25, -0.2) is 9.67 Å². The minimum atomic E-state index is -0.209. The summed E-state index contributed by atoms with van der Waals surface area (Å²) in [5, 5.41) is 6.03. The number of nitrogen functional groups attached to an aromatic ring is 1. The molecule has 8 nitrogen and oxygen atoms in total. The van der Waals surface area contributed by atoms with Crippen LogP contribution < -0.4 is 10.6 Å². The Morgan fingerprint density at radius 2 is 1.91 bits per heavy atom. The Labute approximate surface area is 202 Å². The molecule has 1 atom stereocenters. The van der Waals surface area contributed by atoms with Gasteiger partial charge in [0.05, 0.1) is 29.3 Å². The van der Waals surface area contributed by atoms with Gasteiger partial charge in [-0.05, 0) is 44.0 Å². The van der Waals surface area contributed by atoms with E-state index < -0.39 is 0 Å². The van der Waals surface area contributed by atoms with Crippen molar-refractivity contribution in [2.24, 2.45) is 5.92 Å². The molecule has 4 aromatic rings. The lowest BCUT2D eigenvalue weighted by Crippen LogP contribution is -2.40. The zero-order valence-corrected chi connectivity index (χ0v) is 19.6. The number of esters is 1. The lowest BCUT2D eigenvalue weighted by Gasteiger charge is -2.31. The highest BCUT2D eigenvalue weighted by molar-refractivity contribution is 6.30. The highest BCUT2D eigenvalue weighted by atomic mass is 35.5. The molecule has 3 heterocycles. The lowest BCUT2D eigenvalue weighted by atomic mass is 9.98. The molecule has 0 saturated carbocycles. The molecule has 0 aliphatic carbocycles. The van der Waals surface area contributed by atoms with E-state index in [0.717, 1.165) is 30.6 Å². The van der Waals surface area contributed by atoms with Crippen LogP contribution in [-0.4, -0.2) is 45.4 Å². The summed E-state index contributed by atoms with van der Waals surface area (Å²) in [6, 6.07) is 17.1. The van der Waals surface area contributed by atoms with Crippen LogP contribution in [0.5, 0.6) is 0 Å². The highest BCUT2D eigenvalue weighted by Crippen LogP contribution is 2.34. The van der Waals surface area contributed by atoms with Crippen LogP contribution in [-0.2, 0) is 9.53 Å². The van der Waals surface area contributed by atoms with Gasteiger partial charge in [0.25, 0.3) is 0 Å². The summed E-state index contributed by atoms with van der Waals surface area (Å²) in [5.41, 5.74) is 9.45. The molecule has 1 saturated heterocycles. The van der Waals surface area contributed by atoms with Crippen molar-refractivity contribution in [2.75, 3.05) is 30.3 Å². The van der Waals surface area contributed by atoms with E-state index in [9.17, 15) is 4.79 Å². The zero-order valence-electron chi connectivity index (χ0n) is 18.8. The first-order valence-electron chi connectivity index (χ1n) is 11.3. The first kappa shape index (κ1) is 22.2. The van der Waals surface area contributed by atoms with E-state index in [2.05, 4.69) is 0 Å². The van der Waals surface area contributed by atoms with E-state index in [1.807, 2.05) is 66.4 Å². The lowest BCUT2D eigenvalue weighted by molar-refractivity contribution is -0.148. The van der Waals surface area contributed by atoms with Crippen LogP contribution in [0.1, 0.15) is 19.8 Å². The van der Waals surface area contributed by atoms with Gasteiger partial charge < -0.3 is 15.4 Å². The smallest absolute Gasteiger partial charge is 0.310 e. The van der Waals surface area contributed by atoms with Crippen LogP contribution >= 0.6 is 11.6 Å². The van der Waals surface area contributed by atoms with Crippen molar-refractivity contribution in [3.63, 3.8) is 0 Å². The molecule has 174 valence electrons. The molecule has 2 aromatic heterocycles. The number of nitrogens with two attached hydrogens (primary N) is 1. The quantitative estimate of drug-likeness (QED) is 0.423. The molecule has 34 heavy (non-hydrogen) atoms. The van der Waals surface area contributed by atoms with Gasteiger partial charge in [0.1, 0.15) is 5.82 Å². The Hall–Kier alpha value is -3.65. The minimum absolute atomic E-state index is 0.177. The number of fused-ring (bicyclic) bond motifs is 1. The van der Waals surface area contributed by atoms with Gasteiger partial charge in [-0.3, -0.25) is 4.79 Å². The van der Waals surface area contributed by atoms with Gasteiger partial charge in [-0.1, -0.05) is 41.9 Å². The Morgan fingerprint density at radius 1 is 1.15 bits per heavy atom. The first-order valence-corrected chi connectivity index (χ1v) is 11.7. The SMILES string of the molecule is CCOC(=O)C1CCCN(c2nc(-c3ccc(Cl)cc3)c3c(N)n(-c4ccccc4)nc3n2)C1. The molecule has 1 fully saturated rings. The number of benzene rings is 2. The molecular weight excluding hydrogens is 452 g/mol. The largest absolute Gasteiger partial charge is 0.466 e. The van der Waals surface area contributed by atoms with Crippen LogP contribution in [0.3, 0.4) is 0 Å². The van der Waals surface area contributed by atoms with Crippen LogP contribution in [0, 0.1) is 5.92 Å². The van der Waals surface area contributed by atoms with Crippen LogP contribution in [0.4, 0.5) is 11.8 Å². The van der Waals surface area contributed by atoms with Gasteiger partial charge in [-0.15, -0.1) is 5.10 Å². The summed E-state index contributed by atoms with van der Waals surface area (Å²) in [5.74, 6) is 0.590. The third-order valence-electron chi connectivity index (χ3n) is 6.00. The molecule has 1 aliphatic rings. The van der Waals surface area contributed by atoms with E-state index in [0.29, 0.717) is 46.7 Å². The number of hydrogen-bond acceptors (Lipinski definition) is 7. The van der Waals surface area contributed by atoms with Crippen molar-refractivity contribution in [1.82, 2.24) is 19.7 Å². The molecule has 0 bridgehead atoms. The molecule has 2 aromatic carbocycles. The number of anilines is 2. The predicted molar refractivity (Wildman–Crippen MR) is 133 cm³/mol. The number of carbonyl (C=O) groups is 1. The average Bonchev–Trinajstić information content (AvgIpc) is 3.21. The number of nitrogens with zero attached hydrogens (tertiary/aromatic N) is 5. The first-order chi connectivity index (χ1) is 16.5. The van der Waals surface area contributed by atoms with Crippen molar-refractivity contribution in [3.8, 4) is 16.9 Å². The number of halogens is 1. The van der Waals surface area contributed by atoms with Crippen LogP contribution in [0.15, 0.2) is 54.6 Å². The third kappa shape index (κ3) is 4.17. The van der Waals surface area contributed by atoms with E-state index in [4.69, 9.17) is 37.1 Å². The molecule has 5 rings (SSSR count). The topological polar surface area (TPSA) is 99.2 Å². The summed E-state index contributed by atoms with van der Waals surface area (Å²) in [4.78, 5) is 24.1. The third-order valence-corrected chi connectivity index (χ3v) is 6.25. The highest BCUT2D eigenvalue weighted by Gasteiger charge is 2.29. The Bertz CT molecular complexity index is 1320. The maximum absolute atomic E-state index is 12.4. The van der Waals surface area contributed by atoms with Crippen LogP contribution in [0.25, 0.3) is 28.0 Å². The second kappa shape index (κ2) is 9.30. The second-order valence-electron chi connectivity index (χ2n) is 8.25.